The Morgan fingerprint density at radius 3 is 2.62 bits per heavy atom. The van der Waals surface area contributed by atoms with Gasteiger partial charge in [0.15, 0.2) is 0 Å². The monoisotopic (exact) mass is 327 g/mol. The number of carbonyl (C=O) groups excluding carboxylic acids is 1. The zero-order chi connectivity index (χ0) is 15.7. The molecule has 0 aliphatic carbocycles. The molecule has 21 heavy (non-hydrogen) atoms. The normalized spacial score (nSPS) is 10.6. The molecule has 0 unspecified atom stereocenters. The first kappa shape index (κ1) is 15.4. The standard InChI is InChI=1S/C14H11Cl2NO4/c1-3-21-14(20)12-10(6(2)13(18)19)11-8(16)4-7(15)5-9(11)17-12/h4-5,17H,2-3H2,1H3,(H,18,19). The first-order chi connectivity index (χ1) is 9.86. The number of carbonyl (C=O) groups is 2. The topological polar surface area (TPSA) is 79.4 Å². The Labute approximate surface area is 130 Å². The Kier molecular flexibility index (Phi) is 4.25. The largest absolute Gasteiger partial charge is 0.478 e. The van der Waals surface area contributed by atoms with Crippen molar-refractivity contribution in [2.75, 3.05) is 6.61 Å². The third-order valence-electron chi connectivity index (χ3n) is 2.85. The minimum absolute atomic E-state index is 0.0107. The summed E-state index contributed by atoms with van der Waals surface area (Å²) in [7, 11) is 0. The maximum atomic E-state index is 12.0. The third-order valence-corrected chi connectivity index (χ3v) is 3.37. The Bertz CT molecular complexity index is 764. The maximum Gasteiger partial charge on any atom is 0.355 e. The van der Waals surface area contributed by atoms with Gasteiger partial charge in [-0.1, -0.05) is 29.8 Å². The molecule has 0 bridgehead atoms. The fraction of sp³-hybridized carbons (Fsp3) is 0.143. The summed E-state index contributed by atoms with van der Waals surface area (Å²) in [6, 6.07) is 3.01. The van der Waals surface area contributed by atoms with Gasteiger partial charge in [-0.05, 0) is 19.1 Å². The number of nitrogens with one attached hydrogen (secondary N) is 1. The molecule has 110 valence electrons. The quantitative estimate of drug-likeness (QED) is 0.662. The number of hydrogen-bond donors (Lipinski definition) is 2. The molecule has 1 aromatic heterocycles. The van der Waals surface area contributed by atoms with Crippen molar-refractivity contribution in [3.63, 3.8) is 0 Å². The number of rotatable bonds is 4. The highest BCUT2D eigenvalue weighted by atomic mass is 35.5. The highest BCUT2D eigenvalue weighted by Crippen LogP contribution is 2.36. The van der Waals surface area contributed by atoms with Crippen LogP contribution < -0.4 is 0 Å². The summed E-state index contributed by atoms with van der Waals surface area (Å²) >= 11 is 12.0. The number of carboxylic acids is 1. The van der Waals surface area contributed by atoms with Crippen molar-refractivity contribution in [3.05, 3.63) is 40.0 Å². The predicted molar refractivity (Wildman–Crippen MR) is 80.9 cm³/mol. The van der Waals surface area contributed by atoms with E-state index in [2.05, 4.69) is 11.6 Å². The van der Waals surface area contributed by atoms with Crippen molar-refractivity contribution < 1.29 is 19.4 Å². The molecule has 0 fully saturated rings. The van der Waals surface area contributed by atoms with Crippen LogP contribution in [0.25, 0.3) is 16.5 Å². The minimum Gasteiger partial charge on any atom is -0.478 e. The van der Waals surface area contributed by atoms with Gasteiger partial charge in [-0.25, -0.2) is 9.59 Å². The lowest BCUT2D eigenvalue weighted by atomic mass is 10.0. The van der Waals surface area contributed by atoms with Gasteiger partial charge in [-0.2, -0.15) is 0 Å². The average molecular weight is 328 g/mol. The van der Waals surface area contributed by atoms with Crippen LogP contribution in [0.15, 0.2) is 18.7 Å². The Hall–Kier alpha value is -1.98. The van der Waals surface area contributed by atoms with Gasteiger partial charge in [0.05, 0.1) is 17.2 Å². The van der Waals surface area contributed by atoms with E-state index in [0.717, 1.165) is 0 Å². The van der Waals surface area contributed by atoms with E-state index in [4.69, 9.17) is 33.0 Å². The number of benzene rings is 1. The molecule has 0 spiro atoms. The van der Waals surface area contributed by atoms with E-state index in [1.54, 1.807) is 13.0 Å². The highest BCUT2D eigenvalue weighted by Gasteiger charge is 2.25. The number of aromatic amines is 1. The van der Waals surface area contributed by atoms with Crippen molar-refractivity contribution in [2.45, 2.75) is 6.92 Å². The van der Waals surface area contributed by atoms with Crippen molar-refractivity contribution in [3.8, 4) is 0 Å². The number of aromatic nitrogens is 1. The first-order valence-electron chi connectivity index (χ1n) is 5.97. The fourth-order valence-electron chi connectivity index (χ4n) is 2.01. The summed E-state index contributed by atoms with van der Waals surface area (Å²) in [6.45, 7) is 5.30. The molecule has 0 radical (unpaired) electrons. The number of fused-ring (bicyclic) bond motifs is 1. The molecule has 0 atom stereocenters. The van der Waals surface area contributed by atoms with E-state index in [9.17, 15) is 9.59 Å². The second kappa shape index (κ2) is 5.79. The van der Waals surface area contributed by atoms with Crippen LogP contribution in [0, 0.1) is 0 Å². The van der Waals surface area contributed by atoms with Crippen LogP contribution in [0.2, 0.25) is 10.0 Å². The molecular formula is C14H11Cl2NO4. The number of H-pyrrole nitrogens is 1. The first-order valence-corrected chi connectivity index (χ1v) is 6.72. The Morgan fingerprint density at radius 1 is 1.38 bits per heavy atom. The summed E-state index contributed by atoms with van der Waals surface area (Å²) in [4.78, 5) is 26.0. The van der Waals surface area contributed by atoms with Crippen LogP contribution in [0.3, 0.4) is 0 Å². The van der Waals surface area contributed by atoms with Crippen molar-refractivity contribution in [2.24, 2.45) is 0 Å². The van der Waals surface area contributed by atoms with Gasteiger partial charge in [-0.15, -0.1) is 0 Å². The molecular weight excluding hydrogens is 317 g/mol. The number of esters is 1. The van der Waals surface area contributed by atoms with E-state index in [0.29, 0.717) is 15.9 Å². The van der Waals surface area contributed by atoms with Crippen molar-refractivity contribution in [1.82, 2.24) is 4.98 Å². The summed E-state index contributed by atoms with van der Waals surface area (Å²) in [5.41, 5.74) is 0.280. The molecule has 1 aromatic carbocycles. The van der Waals surface area contributed by atoms with Gasteiger partial charge in [0.1, 0.15) is 5.69 Å². The van der Waals surface area contributed by atoms with Gasteiger partial charge in [-0.3, -0.25) is 0 Å². The molecule has 0 aliphatic heterocycles. The smallest absolute Gasteiger partial charge is 0.355 e. The van der Waals surface area contributed by atoms with E-state index in [1.165, 1.54) is 6.07 Å². The average Bonchev–Trinajstić information content (AvgIpc) is 2.77. The molecule has 1 heterocycles. The lowest BCUT2D eigenvalue weighted by Crippen LogP contribution is -2.09. The molecule has 0 saturated carbocycles. The SMILES string of the molecule is C=C(C(=O)O)c1c(C(=O)OCC)[nH]c2cc(Cl)cc(Cl)c12. The number of halogens is 2. The van der Waals surface area contributed by atoms with E-state index in [1.807, 2.05) is 0 Å². The van der Waals surface area contributed by atoms with Gasteiger partial charge in [0, 0.05) is 21.5 Å². The van der Waals surface area contributed by atoms with Gasteiger partial charge >= 0.3 is 11.9 Å². The lowest BCUT2D eigenvalue weighted by molar-refractivity contribution is -0.130. The predicted octanol–water partition coefficient (Wildman–Crippen LogP) is 3.75. The molecule has 0 aliphatic rings. The van der Waals surface area contributed by atoms with Gasteiger partial charge in [0.2, 0.25) is 0 Å². The van der Waals surface area contributed by atoms with Crippen molar-refractivity contribution >= 4 is 51.6 Å². The fourth-order valence-corrected chi connectivity index (χ4v) is 2.60. The lowest BCUT2D eigenvalue weighted by Gasteiger charge is -2.05. The zero-order valence-electron chi connectivity index (χ0n) is 11.0. The zero-order valence-corrected chi connectivity index (χ0v) is 12.5. The molecule has 0 saturated heterocycles. The van der Waals surface area contributed by atoms with Crippen LogP contribution >= 0.6 is 23.2 Å². The second-order valence-corrected chi connectivity index (χ2v) is 5.03. The third kappa shape index (κ3) is 2.75. The van der Waals surface area contributed by atoms with Crippen LogP contribution in [-0.2, 0) is 9.53 Å². The van der Waals surface area contributed by atoms with Crippen LogP contribution in [-0.4, -0.2) is 28.6 Å². The summed E-state index contributed by atoms with van der Waals surface area (Å²) in [6.07, 6.45) is 0. The van der Waals surface area contributed by atoms with Gasteiger partial charge < -0.3 is 14.8 Å². The van der Waals surface area contributed by atoms with E-state index in [-0.39, 0.29) is 28.5 Å². The number of carboxylic acid groups (broad SMARTS) is 1. The Balaban J connectivity index is 2.81. The van der Waals surface area contributed by atoms with Crippen LogP contribution in [0.4, 0.5) is 0 Å². The minimum atomic E-state index is -1.26. The van der Waals surface area contributed by atoms with E-state index < -0.39 is 11.9 Å². The number of hydrogen-bond acceptors (Lipinski definition) is 3. The molecule has 0 amide bonds. The molecule has 2 aromatic rings. The van der Waals surface area contributed by atoms with Crippen molar-refractivity contribution in [1.29, 1.82) is 0 Å². The Morgan fingerprint density at radius 2 is 2.05 bits per heavy atom. The molecule has 2 N–H and O–H groups in total. The molecule has 7 heteroatoms. The highest BCUT2D eigenvalue weighted by molar-refractivity contribution is 6.40. The number of aliphatic carboxylic acids is 1. The van der Waals surface area contributed by atoms with Gasteiger partial charge in [0.25, 0.3) is 0 Å². The summed E-state index contributed by atoms with van der Waals surface area (Å²) in [5, 5.41) is 10.1. The second-order valence-electron chi connectivity index (χ2n) is 4.19. The summed E-state index contributed by atoms with van der Waals surface area (Å²) in [5.74, 6) is -1.94. The molecule has 2 rings (SSSR count). The molecule has 5 nitrogen and oxygen atoms in total. The maximum absolute atomic E-state index is 12.0. The number of ether oxygens (including phenoxy) is 1. The van der Waals surface area contributed by atoms with E-state index >= 15 is 0 Å². The van der Waals surface area contributed by atoms with Crippen LogP contribution in [0.1, 0.15) is 23.0 Å². The van der Waals surface area contributed by atoms with Crippen LogP contribution in [0.5, 0.6) is 0 Å². The summed E-state index contributed by atoms with van der Waals surface area (Å²) < 4.78 is 4.92.